The van der Waals surface area contributed by atoms with E-state index in [1.165, 1.54) is 34.0 Å². The summed E-state index contributed by atoms with van der Waals surface area (Å²) in [7, 11) is 0. The van der Waals surface area contributed by atoms with Gasteiger partial charge in [0.15, 0.2) is 11.4 Å². The number of nitrogens with zero attached hydrogens (tertiary/aromatic N) is 4. The first-order valence-corrected chi connectivity index (χ1v) is 10.5. The van der Waals surface area contributed by atoms with Gasteiger partial charge in [0, 0.05) is 18.8 Å². The van der Waals surface area contributed by atoms with E-state index in [2.05, 4.69) is 4.98 Å². The van der Waals surface area contributed by atoms with Gasteiger partial charge in [-0.15, -0.1) is 0 Å². The number of carbonyl (C=O) groups excluding carboxylic acids is 1. The topological polar surface area (TPSA) is 78.7 Å². The second-order valence-corrected chi connectivity index (χ2v) is 7.94. The van der Waals surface area contributed by atoms with Crippen LogP contribution in [0.5, 0.6) is 5.75 Å². The zero-order valence-electron chi connectivity index (χ0n) is 17.5. The molecule has 0 radical (unpaired) electrons. The SMILES string of the molecule is O=C1c2c(O)c(=O)ccn2N2CN1CC=CCCc1c(F)cccc1C2c1cccc(F)n1. The van der Waals surface area contributed by atoms with E-state index in [0.717, 1.165) is 6.07 Å². The van der Waals surface area contributed by atoms with Crippen molar-refractivity contribution in [2.75, 3.05) is 18.2 Å². The maximum Gasteiger partial charge on any atom is 0.278 e. The monoisotopic (exact) mass is 450 g/mol. The van der Waals surface area contributed by atoms with Crippen LogP contribution in [0.1, 0.15) is 39.8 Å². The predicted molar refractivity (Wildman–Crippen MR) is 116 cm³/mol. The Balaban J connectivity index is 1.83. The molecule has 33 heavy (non-hydrogen) atoms. The summed E-state index contributed by atoms with van der Waals surface area (Å²) in [6, 6.07) is 9.40. The van der Waals surface area contributed by atoms with Crippen LogP contribution >= 0.6 is 0 Å². The minimum Gasteiger partial charge on any atom is -0.502 e. The zero-order chi connectivity index (χ0) is 23.1. The summed E-state index contributed by atoms with van der Waals surface area (Å²) >= 11 is 0. The van der Waals surface area contributed by atoms with E-state index >= 15 is 0 Å². The van der Waals surface area contributed by atoms with E-state index in [0.29, 0.717) is 29.7 Å². The molecular weight excluding hydrogens is 430 g/mol. The Kier molecular flexibility index (Phi) is 5.16. The Morgan fingerprint density at radius 2 is 1.85 bits per heavy atom. The van der Waals surface area contributed by atoms with Crippen molar-refractivity contribution in [2.45, 2.75) is 18.9 Å². The lowest BCUT2D eigenvalue weighted by Gasteiger charge is -2.43. The lowest BCUT2D eigenvalue weighted by Crippen LogP contribution is -2.55. The van der Waals surface area contributed by atoms with Gasteiger partial charge in [0.05, 0.1) is 5.69 Å². The number of allylic oxidation sites excluding steroid dienone is 1. The second kappa shape index (κ2) is 8.16. The van der Waals surface area contributed by atoms with Crippen molar-refractivity contribution in [1.29, 1.82) is 0 Å². The van der Waals surface area contributed by atoms with Gasteiger partial charge in [0.25, 0.3) is 5.91 Å². The Bertz CT molecular complexity index is 1340. The third kappa shape index (κ3) is 3.55. The summed E-state index contributed by atoms with van der Waals surface area (Å²) < 4.78 is 30.6. The first-order valence-electron chi connectivity index (χ1n) is 10.5. The lowest BCUT2D eigenvalue weighted by molar-refractivity contribution is 0.0700. The van der Waals surface area contributed by atoms with Crippen LogP contribution in [-0.2, 0) is 6.42 Å². The fourth-order valence-electron chi connectivity index (χ4n) is 4.43. The van der Waals surface area contributed by atoms with E-state index in [-0.39, 0.29) is 18.9 Å². The van der Waals surface area contributed by atoms with E-state index in [1.807, 2.05) is 6.08 Å². The molecule has 1 aromatic carbocycles. The number of fused-ring (bicyclic) bond motifs is 5. The van der Waals surface area contributed by atoms with E-state index in [9.17, 15) is 23.5 Å². The van der Waals surface area contributed by atoms with Crippen LogP contribution in [0.4, 0.5) is 8.78 Å². The van der Waals surface area contributed by atoms with Gasteiger partial charge >= 0.3 is 0 Å². The number of amides is 1. The first kappa shape index (κ1) is 20.9. The molecule has 2 aliphatic rings. The van der Waals surface area contributed by atoms with Crippen molar-refractivity contribution in [2.24, 2.45) is 0 Å². The average Bonchev–Trinajstić information content (AvgIpc) is 2.82. The number of carbonyl (C=O) groups is 1. The molecule has 1 N–H and O–H groups in total. The van der Waals surface area contributed by atoms with Gasteiger partial charge in [0.1, 0.15) is 18.5 Å². The summed E-state index contributed by atoms with van der Waals surface area (Å²) in [5.41, 5.74) is 0.411. The standard InChI is InChI=1S/C24H20F2N4O3/c25-17-8-4-7-16-15(17)6-2-1-3-12-28-14-30(21(16)18-9-5-10-20(26)27-18)29-13-11-19(31)23(32)22(29)24(28)33/h1,3-5,7-11,13,21,32H,2,6,12,14H2. The summed E-state index contributed by atoms with van der Waals surface area (Å²) in [6.45, 7) is 0.261. The van der Waals surface area contributed by atoms with Crippen molar-refractivity contribution in [3.05, 3.63) is 105 Å². The van der Waals surface area contributed by atoms with Crippen molar-refractivity contribution < 1.29 is 18.7 Å². The third-order valence-corrected chi connectivity index (χ3v) is 5.95. The first-order chi connectivity index (χ1) is 16.0. The molecule has 0 saturated heterocycles. The van der Waals surface area contributed by atoms with Crippen LogP contribution < -0.4 is 10.4 Å². The highest BCUT2D eigenvalue weighted by molar-refractivity contribution is 5.96. The number of hydrogen-bond acceptors (Lipinski definition) is 5. The molecule has 1 unspecified atom stereocenters. The van der Waals surface area contributed by atoms with Crippen molar-refractivity contribution in [3.8, 4) is 5.75 Å². The van der Waals surface area contributed by atoms with E-state index in [4.69, 9.17) is 0 Å². The van der Waals surface area contributed by atoms with Gasteiger partial charge in [-0.3, -0.25) is 19.3 Å². The molecule has 2 bridgehead atoms. The maximum atomic E-state index is 15.0. The number of pyridine rings is 2. The molecular formula is C24H20F2N4O3. The Labute approximate surface area is 187 Å². The summed E-state index contributed by atoms with van der Waals surface area (Å²) in [4.78, 5) is 30.8. The quantitative estimate of drug-likeness (QED) is 0.456. The van der Waals surface area contributed by atoms with Gasteiger partial charge < -0.3 is 10.0 Å². The molecule has 0 saturated carbocycles. The van der Waals surface area contributed by atoms with Gasteiger partial charge in [-0.1, -0.05) is 30.4 Å². The van der Waals surface area contributed by atoms with Crippen molar-refractivity contribution in [3.63, 3.8) is 0 Å². The molecule has 0 aliphatic carbocycles. The van der Waals surface area contributed by atoms with Crippen LogP contribution in [0.15, 0.2) is 65.6 Å². The summed E-state index contributed by atoms with van der Waals surface area (Å²) in [5.74, 6) is -2.29. The van der Waals surface area contributed by atoms with Gasteiger partial charge in [-0.25, -0.2) is 9.37 Å². The molecule has 1 atom stereocenters. The Morgan fingerprint density at radius 1 is 1.03 bits per heavy atom. The van der Waals surface area contributed by atoms with Gasteiger partial charge in [-0.2, -0.15) is 4.39 Å². The minimum absolute atomic E-state index is 0.0390. The highest BCUT2D eigenvalue weighted by Crippen LogP contribution is 2.34. The number of aromatic nitrogens is 2. The number of benzene rings is 1. The van der Waals surface area contributed by atoms with Crippen molar-refractivity contribution in [1.82, 2.24) is 14.6 Å². The smallest absolute Gasteiger partial charge is 0.278 e. The molecule has 7 nitrogen and oxygen atoms in total. The van der Waals surface area contributed by atoms with E-state index in [1.54, 1.807) is 29.3 Å². The third-order valence-electron chi connectivity index (χ3n) is 5.95. The van der Waals surface area contributed by atoms with Gasteiger partial charge in [-0.05, 0) is 42.2 Å². The van der Waals surface area contributed by atoms with E-state index < -0.39 is 34.9 Å². The molecule has 0 spiro atoms. The minimum atomic E-state index is -0.805. The number of aromatic hydroxyl groups is 1. The molecule has 4 heterocycles. The Hall–Kier alpha value is -4.01. The fourth-order valence-corrected chi connectivity index (χ4v) is 4.43. The second-order valence-electron chi connectivity index (χ2n) is 7.94. The normalized spacial score (nSPS) is 17.9. The van der Waals surface area contributed by atoms with Crippen molar-refractivity contribution >= 4 is 5.91 Å². The summed E-state index contributed by atoms with van der Waals surface area (Å²) in [6.07, 6.45) is 5.98. The molecule has 2 aromatic heterocycles. The molecule has 1 amide bonds. The number of hydrogen-bond donors (Lipinski definition) is 1. The largest absolute Gasteiger partial charge is 0.502 e. The maximum absolute atomic E-state index is 15.0. The van der Waals surface area contributed by atoms with Crippen LogP contribution in [0.2, 0.25) is 0 Å². The number of rotatable bonds is 1. The van der Waals surface area contributed by atoms with Crippen LogP contribution in [0.25, 0.3) is 0 Å². The molecule has 0 fully saturated rings. The van der Waals surface area contributed by atoms with Crippen LogP contribution in [0, 0.1) is 11.8 Å². The lowest BCUT2D eigenvalue weighted by atomic mass is 9.93. The molecule has 3 aromatic rings. The Morgan fingerprint density at radius 3 is 2.67 bits per heavy atom. The summed E-state index contributed by atoms with van der Waals surface area (Å²) in [5, 5.41) is 12.2. The molecule has 5 rings (SSSR count). The zero-order valence-corrected chi connectivity index (χ0v) is 17.5. The van der Waals surface area contributed by atoms with Crippen LogP contribution in [0.3, 0.4) is 0 Å². The van der Waals surface area contributed by atoms with Crippen LogP contribution in [-0.4, -0.2) is 38.8 Å². The van der Waals surface area contributed by atoms with Gasteiger partial charge in [0.2, 0.25) is 11.4 Å². The molecule has 9 heteroatoms. The number of halogens is 2. The fraction of sp³-hybridized carbons (Fsp3) is 0.208. The highest BCUT2D eigenvalue weighted by atomic mass is 19.1. The molecule has 2 aliphatic heterocycles. The molecule has 168 valence electrons. The highest BCUT2D eigenvalue weighted by Gasteiger charge is 2.37. The average molecular weight is 450 g/mol. The predicted octanol–water partition coefficient (Wildman–Crippen LogP) is 2.87.